The monoisotopic (exact) mass is 383 g/mol. The van der Waals surface area contributed by atoms with Crippen molar-refractivity contribution in [3.8, 4) is 0 Å². The lowest BCUT2D eigenvalue weighted by Crippen LogP contribution is -2.54. The van der Waals surface area contributed by atoms with Crippen LogP contribution in [0.25, 0.3) is 0 Å². The molecule has 1 aromatic carbocycles. The molecule has 2 aliphatic heterocycles. The molecule has 1 N–H and O–H groups in total. The summed E-state index contributed by atoms with van der Waals surface area (Å²) in [4.78, 5) is 29.3. The molecular weight excluding hydrogens is 350 g/mol. The Morgan fingerprint density at radius 3 is 2.43 bits per heavy atom. The molecule has 3 fully saturated rings. The standard InChI is InChI=1S/C23H33N3O2/c27-22(12-6-9-18-7-2-1-3-8-18)25-13-15-26(16-14-25)23(28)21-17-19-10-4-5-11-20(19)24-21/h1-3,7-8,19-21,24H,4-6,9-17H2. The Balaban J connectivity index is 1.19. The number of carbonyl (C=O) groups is 2. The van der Waals surface area contributed by atoms with Crippen molar-refractivity contribution < 1.29 is 9.59 Å². The maximum atomic E-state index is 12.9. The Morgan fingerprint density at radius 1 is 0.964 bits per heavy atom. The van der Waals surface area contributed by atoms with E-state index in [0.29, 0.717) is 44.6 Å². The van der Waals surface area contributed by atoms with Crippen molar-refractivity contribution in [2.75, 3.05) is 26.2 Å². The van der Waals surface area contributed by atoms with Crippen molar-refractivity contribution in [3.63, 3.8) is 0 Å². The largest absolute Gasteiger partial charge is 0.339 e. The SMILES string of the molecule is O=C(CCCc1ccccc1)N1CCN(C(=O)C2CC3CCCCC3N2)CC1. The highest BCUT2D eigenvalue weighted by molar-refractivity contribution is 5.83. The van der Waals surface area contributed by atoms with Crippen LogP contribution < -0.4 is 5.32 Å². The summed E-state index contributed by atoms with van der Waals surface area (Å²) in [6.45, 7) is 2.71. The third-order valence-corrected chi connectivity index (χ3v) is 6.80. The van der Waals surface area contributed by atoms with Crippen molar-refractivity contribution in [3.05, 3.63) is 35.9 Å². The molecule has 28 heavy (non-hydrogen) atoms. The van der Waals surface area contributed by atoms with E-state index >= 15 is 0 Å². The Labute approximate surface area is 168 Å². The fraction of sp³-hybridized carbons (Fsp3) is 0.652. The summed E-state index contributed by atoms with van der Waals surface area (Å²) in [7, 11) is 0. The lowest BCUT2D eigenvalue weighted by atomic mass is 9.85. The number of amides is 2. The van der Waals surface area contributed by atoms with Gasteiger partial charge in [-0.3, -0.25) is 9.59 Å². The number of fused-ring (bicyclic) bond motifs is 1. The number of piperazine rings is 1. The molecule has 1 aliphatic carbocycles. The van der Waals surface area contributed by atoms with E-state index in [1.54, 1.807) is 0 Å². The molecule has 3 unspecified atom stereocenters. The normalized spacial score (nSPS) is 27.5. The molecule has 5 heteroatoms. The Hall–Kier alpha value is -1.88. The van der Waals surface area contributed by atoms with E-state index in [4.69, 9.17) is 0 Å². The number of hydrogen-bond donors (Lipinski definition) is 1. The molecule has 5 nitrogen and oxygen atoms in total. The number of hydrogen-bond acceptors (Lipinski definition) is 3. The van der Waals surface area contributed by atoms with Crippen LogP contribution in [-0.2, 0) is 16.0 Å². The van der Waals surface area contributed by atoms with Gasteiger partial charge in [-0.15, -0.1) is 0 Å². The summed E-state index contributed by atoms with van der Waals surface area (Å²) >= 11 is 0. The lowest BCUT2D eigenvalue weighted by Gasteiger charge is -2.36. The van der Waals surface area contributed by atoms with E-state index in [1.807, 2.05) is 28.0 Å². The van der Waals surface area contributed by atoms with E-state index in [9.17, 15) is 9.59 Å². The molecular formula is C23H33N3O2. The molecule has 3 aliphatic rings. The van der Waals surface area contributed by atoms with Crippen LogP contribution in [0.2, 0.25) is 0 Å². The summed E-state index contributed by atoms with van der Waals surface area (Å²) in [5, 5.41) is 3.60. The third kappa shape index (κ3) is 4.57. The van der Waals surface area contributed by atoms with Gasteiger partial charge >= 0.3 is 0 Å². The van der Waals surface area contributed by atoms with Gasteiger partial charge in [-0.2, -0.15) is 0 Å². The van der Waals surface area contributed by atoms with Crippen LogP contribution in [0, 0.1) is 5.92 Å². The molecule has 4 rings (SSSR count). The fourth-order valence-corrected chi connectivity index (χ4v) is 5.15. The van der Waals surface area contributed by atoms with Gasteiger partial charge in [0.25, 0.3) is 0 Å². The summed E-state index contributed by atoms with van der Waals surface area (Å²) in [6, 6.07) is 10.9. The number of carbonyl (C=O) groups excluding carboxylic acids is 2. The zero-order valence-electron chi connectivity index (χ0n) is 16.8. The zero-order chi connectivity index (χ0) is 19.3. The van der Waals surface area contributed by atoms with Crippen molar-refractivity contribution in [1.29, 1.82) is 0 Å². The molecule has 152 valence electrons. The smallest absolute Gasteiger partial charge is 0.239 e. The van der Waals surface area contributed by atoms with Crippen LogP contribution in [0.4, 0.5) is 0 Å². The highest BCUT2D eigenvalue weighted by Crippen LogP contribution is 2.33. The van der Waals surface area contributed by atoms with E-state index in [1.165, 1.54) is 31.2 Å². The van der Waals surface area contributed by atoms with Crippen molar-refractivity contribution in [1.82, 2.24) is 15.1 Å². The highest BCUT2D eigenvalue weighted by Gasteiger charge is 2.40. The van der Waals surface area contributed by atoms with Crippen LogP contribution in [0.1, 0.15) is 50.5 Å². The van der Waals surface area contributed by atoms with Crippen molar-refractivity contribution >= 4 is 11.8 Å². The van der Waals surface area contributed by atoms with Crippen LogP contribution in [0.3, 0.4) is 0 Å². The van der Waals surface area contributed by atoms with Gasteiger partial charge in [-0.1, -0.05) is 43.2 Å². The zero-order valence-corrected chi connectivity index (χ0v) is 16.8. The number of nitrogens with zero attached hydrogens (tertiary/aromatic N) is 2. The van der Waals surface area contributed by atoms with Gasteiger partial charge in [0.1, 0.15) is 0 Å². The van der Waals surface area contributed by atoms with Crippen molar-refractivity contribution in [2.24, 2.45) is 5.92 Å². The third-order valence-electron chi connectivity index (χ3n) is 6.80. The number of rotatable bonds is 5. The molecule has 0 spiro atoms. The molecule has 2 saturated heterocycles. The average molecular weight is 384 g/mol. The van der Waals surface area contributed by atoms with E-state index in [-0.39, 0.29) is 17.9 Å². The second-order valence-electron chi connectivity index (χ2n) is 8.65. The maximum Gasteiger partial charge on any atom is 0.239 e. The fourth-order valence-electron chi connectivity index (χ4n) is 5.15. The Morgan fingerprint density at radius 2 is 1.68 bits per heavy atom. The van der Waals surface area contributed by atoms with Gasteiger partial charge in [-0.25, -0.2) is 0 Å². The van der Waals surface area contributed by atoms with E-state index in [2.05, 4.69) is 17.4 Å². The summed E-state index contributed by atoms with van der Waals surface area (Å²) in [5.74, 6) is 1.17. The minimum atomic E-state index is 0.00113. The number of aryl methyl sites for hydroxylation is 1. The minimum Gasteiger partial charge on any atom is -0.339 e. The predicted octanol–water partition coefficient (Wildman–Crippen LogP) is 2.60. The van der Waals surface area contributed by atoms with Crippen molar-refractivity contribution in [2.45, 2.75) is 63.5 Å². The molecule has 2 amide bonds. The van der Waals surface area contributed by atoms with Gasteiger partial charge in [0, 0.05) is 38.6 Å². The average Bonchev–Trinajstić information content (AvgIpc) is 3.18. The Bertz CT molecular complexity index is 656. The van der Waals surface area contributed by atoms with Gasteiger partial charge < -0.3 is 15.1 Å². The first-order valence-electron chi connectivity index (χ1n) is 11.1. The second kappa shape index (κ2) is 9.08. The summed E-state index contributed by atoms with van der Waals surface area (Å²) < 4.78 is 0. The first-order valence-corrected chi connectivity index (χ1v) is 11.1. The molecule has 0 bridgehead atoms. The summed E-state index contributed by atoms with van der Waals surface area (Å²) in [6.07, 6.45) is 8.53. The second-order valence-corrected chi connectivity index (χ2v) is 8.65. The van der Waals surface area contributed by atoms with Gasteiger partial charge in [0.15, 0.2) is 0 Å². The molecule has 2 heterocycles. The van der Waals surface area contributed by atoms with Crippen LogP contribution >= 0.6 is 0 Å². The lowest BCUT2D eigenvalue weighted by molar-refractivity contribution is -0.140. The molecule has 1 saturated carbocycles. The van der Waals surface area contributed by atoms with Gasteiger partial charge in [-0.05, 0) is 43.6 Å². The predicted molar refractivity (Wildman–Crippen MR) is 110 cm³/mol. The quantitative estimate of drug-likeness (QED) is 0.850. The number of nitrogens with one attached hydrogen (secondary N) is 1. The van der Waals surface area contributed by atoms with Gasteiger partial charge in [0.2, 0.25) is 11.8 Å². The first-order chi connectivity index (χ1) is 13.7. The van der Waals surface area contributed by atoms with E-state index in [0.717, 1.165) is 19.3 Å². The number of benzene rings is 1. The summed E-state index contributed by atoms with van der Waals surface area (Å²) in [5.41, 5.74) is 1.29. The Kier molecular flexibility index (Phi) is 6.30. The highest BCUT2D eigenvalue weighted by atomic mass is 16.2. The first kappa shape index (κ1) is 19.4. The topological polar surface area (TPSA) is 52.7 Å². The molecule has 0 aromatic heterocycles. The molecule has 0 radical (unpaired) electrons. The van der Waals surface area contributed by atoms with Crippen LogP contribution in [0.15, 0.2) is 30.3 Å². The van der Waals surface area contributed by atoms with Crippen LogP contribution in [0.5, 0.6) is 0 Å². The molecule has 1 aromatic rings. The van der Waals surface area contributed by atoms with Crippen LogP contribution in [-0.4, -0.2) is 59.9 Å². The maximum absolute atomic E-state index is 12.9. The van der Waals surface area contributed by atoms with E-state index < -0.39 is 0 Å². The van der Waals surface area contributed by atoms with Gasteiger partial charge in [0.05, 0.1) is 6.04 Å². The molecule has 3 atom stereocenters. The minimum absolute atomic E-state index is 0.00113.